The first-order valence-electron chi connectivity index (χ1n) is 14.3. The lowest BCUT2D eigenvalue weighted by Gasteiger charge is -2.41. The molecular formula is C30H36F3N3O4S. The molecule has 2 aliphatic heterocycles. The first-order chi connectivity index (χ1) is 19.7. The smallest absolute Gasteiger partial charge is 0.494 e. The van der Waals surface area contributed by atoms with Crippen LogP contribution in [-0.4, -0.2) is 63.5 Å². The Morgan fingerprint density at radius 3 is 2.29 bits per heavy atom. The molecule has 0 bridgehead atoms. The minimum absolute atomic E-state index is 0.0368. The zero-order chi connectivity index (χ0) is 29.0. The van der Waals surface area contributed by atoms with Gasteiger partial charge in [0, 0.05) is 30.7 Å². The molecule has 3 aromatic rings. The number of sulfone groups is 1. The Hall–Kier alpha value is -3.05. The number of pyridine rings is 1. The number of hydrogen-bond acceptors (Lipinski definition) is 7. The predicted octanol–water partition coefficient (Wildman–Crippen LogP) is 6.60. The second kappa shape index (κ2) is 12.4. The van der Waals surface area contributed by atoms with Crippen LogP contribution in [0, 0.1) is 0 Å². The average Bonchev–Trinajstić information content (AvgIpc) is 2.97. The molecule has 2 aliphatic rings. The summed E-state index contributed by atoms with van der Waals surface area (Å²) in [6, 6.07) is 10.5. The fourth-order valence-corrected chi connectivity index (χ4v) is 7.21. The number of unbranched alkanes of at least 4 members (excludes halogenated alkanes) is 1. The number of halogens is 3. The maximum absolute atomic E-state index is 14.0. The van der Waals surface area contributed by atoms with Gasteiger partial charge >= 0.3 is 6.36 Å². The van der Waals surface area contributed by atoms with Crippen LogP contribution in [0.3, 0.4) is 0 Å². The van der Waals surface area contributed by atoms with Gasteiger partial charge in [-0.25, -0.2) is 8.42 Å². The molecule has 0 spiro atoms. The Kier molecular flexibility index (Phi) is 8.94. The summed E-state index contributed by atoms with van der Waals surface area (Å²) in [5.41, 5.74) is 0.759. The van der Waals surface area contributed by atoms with E-state index in [4.69, 9.17) is 4.74 Å². The minimum atomic E-state index is -4.88. The third-order valence-corrected chi connectivity index (χ3v) is 9.66. The minimum Gasteiger partial charge on any atom is -0.494 e. The summed E-state index contributed by atoms with van der Waals surface area (Å²) >= 11 is 0. The van der Waals surface area contributed by atoms with Crippen LogP contribution in [0.15, 0.2) is 58.5 Å². The predicted molar refractivity (Wildman–Crippen MR) is 151 cm³/mol. The van der Waals surface area contributed by atoms with Crippen LogP contribution in [-0.2, 0) is 9.84 Å². The molecule has 0 amide bonds. The molecule has 1 aromatic heterocycles. The Balaban J connectivity index is 1.52. The van der Waals surface area contributed by atoms with E-state index in [1.165, 1.54) is 55.8 Å². The molecule has 5 rings (SSSR count). The van der Waals surface area contributed by atoms with Crippen molar-refractivity contribution in [3.05, 3.63) is 48.7 Å². The van der Waals surface area contributed by atoms with Crippen molar-refractivity contribution in [2.45, 2.75) is 74.1 Å². The quantitative estimate of drug-likeness (QED) is 0.260. The molecule has 0 N–H and O–H groups in total. The monoisotopic (exact) mass is 591 g/mol. The zero-order valence-corrected chi connectivity index (χ0v) is 24.0. The summed E-state index contributed by atoms with van der Waals surface area (Å²) in [6.07, 6.45) is 3.60. The zero-order valence-electron chi connectivity index (χ0n) is 23.2. The number of piperidine rings is 2. The van der Waals surface area contributed by atoms with Gasteiger partial charge in [-0.2, -0.15) is 0 Å². The van der Waals surface area contributed by atoms with E-state index in [-0.39, 0.29) is 9.79 Å². The number of anilines is 1. The average molecular weight is 592 g/mol. The maximum atomic E-state index is 14.0. The number of nitrogens with zero attached hydrogens (tertiary/aromatic N) is 3. The number of hydrogen-bond donors (Lipinski definition) is 0. The van der Waals surface area contributed by atoms with E-state index in [2.05, 4.69) is 21.5 Å². The summed E-state index contributed by atoms with van der Waals surface area (Å²) in [6.45, 7) is 5.89. The molecule has 0 atom stereocenters. The number of ether oxygens (including phenoxy) is 2. The fourth-order valence-electron chi connectivity index (χ4n) is 5.77. The van der Waals surface area contributed by atoms with E-state index in [1.807, 2.05) is 4.90 Å². The van der Waals surface area contributed by atoms with Crippen molar-refractivity contribution in [1.82, 2.24) is 9.88 Å². The number of aromatic nitrogens is 1. The molecule has 0 radical (unpaired) electrons. The standard InChI is InChI=1S/C30H36F3N3O4S/c1-2-3-19-39-23-7-10-25(11-8-23)41(37,38)28-21-34-27-12-9-24(40-30(31,32)33)20-26(27)29(28)36-17-13-22(14-18-36)35-15-5-4-6-16-35/h7-12,20-22H,2-6,13-19H2,1H3. The van der Waals surface area contributed by atoms with Gasteiger partial charge in [0.2, 0.25) is 9.84 Å². The molecular weight excluding hydrogens is 555 g/mol. The van der Waals surface area contributed by atoms with Crippen LogP contribution in [0.25, 0.3) is 10.9 Å². The van der Waals surface area contributed by atoms with E-state index < -0.39 is 21.9 Å². The lowest BCUT2D eigenvalue weighted by molar-refractivity contribution is -0.274. The van der Waals surface area contributed by atoms with E-state index in [9.17, 15) is 21.6 Å². The van der Waals surface area contributed by atoms with Crippen molar-refractivity contribution < 1.29 is 31.1 Å². The Morgan fingerprint density at radius 2 is 1.63 bits per heavy atom. The summed E-state index contributed by atoms with van der Waals surface area (Å²) in [5.74, 6) is 0.155. The first kappa shape index (κ1) is 29.4. The molecule has 7 nitrogen and oxygen atoms in total. The van der Waals surface area contributed by atoms with E-state index in [1.54, 1.807) is 12.1 Å². The van der Waals surface area contributed by atoms with Crippen LogP contribution in [0.5, 0.6) is 11.5 Å². The first-order valence-corrected chi connectivity index (χ1v) is 15.8. The normalized spacial score (nSPS) is 17.6. The molecule has 41 heavy (non-hydrogen) atoms. The van der Waals surface area contributed by atoms with Crippen LogP contribution in [0.2, 0.25) is 0 Å². The molecule has 2 saturated heterocycles. The van der Waals surface area contributed by atoms with Gasteiger partial charge < -0.3 is 19.3 Å². The van der Waals surface area contributed by atoms with Crippen LogP contribution in [0.4, 0.5) is 18.9 Å². The second-order valence-electron chi connectivity index (χ2n) is 10.7. The van der Waals surface area contributed by atoms with E-state index in [0.717, 1.165) is 38.8 Å². The highest BCUT2D eigenvalue weighted by Gasteiger charge is 2.33. The molecule has 2 aromatic carbocycles. The lowest BCUT2D eigenvalue weighted by Crippen LogP contribution is -2.47. The number of rotatable bonds is 9. The van der Waals surface area contributed by atoms with Crippen molar-refractivity contribution in [2.75, 3.05) is 37.7 Å². The van der Waals surface area contributed by atoms with Crippen molar-refractivity contribution in [2.24, 2.45) is 0 Å². The molecule has 0 aliphatic carbocycles. The second-order valence-corrected chi connectivity index (χ2v) is 12.6. The van der Waals surface area contributed by atoms with Gasteiger partial charge in [-0.1, -0.05) is 19.8 Å². The summed E-state index contributed by atoms with van der Waals surface area (Å²) in [4.78, 5) is 8.87. The van der Waals surface area contributed by atoms with Crippen molar-refractivity contribution in [3.63, 3.8) is 0 Å². The van der Waals surface area contributed by atoms with Gasteiger partial charge in [-0.05, 0) is 87.7 Å². The molecule has 0 unspecified atom stereocenters. The molecule has 3 heterocycles. The topological polar surface area (TPSA) is 72.0 Å². The molecule has 0 saturated carbocycles. The molecule has 11 heteroatoms. The van der Waals surface area contributed by atoms with E-state index in [0.29, 0.717) is 48.1 Å². The maximum Gasteiger partial charge on any atom is 0.573 e. The Bertz CT molecular complexity index is 1430. The van der Waals surface area contributed by atoms with Gasteiger partial charge in [0.25, 0.3) is 0 Å². The van der Waals surface area contributed by atoms with Gasteiger partial charge in [0.05, 0.1) is 22.7 Å². The highest BCUT2D eigenvalue weighted by atomic mass is 32.2. The summed E-state index contributed by atoms with van der Waals surface area (Å²) in [5, 5.41) is 0.309. The van der Waals surface area contributed by atoms with Crippen LogP contribution >= 0.6 is 0 Å². The highest BCUT2D eigenvalue weighted by molar-refractivity contribution is 7.91. The van der Waals surface area contributed by atoms with Gasteiger partial charge in [0.15, 0.2) is 0 Å². The van der Waals surface area contributed by atoms with E-state index >= 15 is 0 Å². The number of alkyl halides is 3. The fraction of sp³-hybridized carbons (Fsp3) is 0.500. The highest BCUT2D eigenvalue weighted by Crippen LogP contribution is 2.40. The molecule has 222 valence electrons. The number of benzene rings is 2. The lowest BCUT2D eigenvalue weighted by atomic mass is 9.99. The van der Waals surface area contributed by atoms with Crippen molar-refractivity contribution in [3.8, 4) is 11.5 Å². The van der Waals surface area contributed by atoms with Gasteiger partial charge in [-0.15, -0.1) is 13.2 Å². The van der Waals surface area contributed by atoms with Crippen molar-refractivity contribution >= 4 is 26.4 Å². The third-order valence-electron chi connectivity index (χ3n) is 7.89. The number of fused-ring (bicyclic) bond motifs is 1. The third kappa shape index (κ3) is 6.89. The molecule has 2 fully saturated rings. The summed E-state index contributed by atoms with van der Waals surface area (Å²) in [7, 11) is -4.07. The van der Waals surface area contributed by atoms with Gasteiger partial charge in [-0.3, -0.25) is 4.98 Å². The Morgan fingerprint density at radius 1 is 0.951 bits per heavy atom. The summed E-state index contributed by atoms with van der Waals surface area (Å²) < 4.78 is 77.1. The van der Waals surface area contributed by atoms with Crippen LogP contribution < -0.4 is 14.4 Å². The van der Waals surface area contributed by atoms with Crippen LogP contribution in [0.1, 0.15) is 51.9 Å². The number of likely N-dealkylation sites (tertiary alicyclic amines) is 1. The van der Waals surface area contributed by atoms with Crippen molar-refractivity contribution in [1.29, 1.82) is 0 Å². The van der Waals surface area contributed by atoms with Gasteiger partial charge in [0.1, 0.15) is 16.4 Å². The Labute approximate surface area is 239 Å². The SMILES string of the molecule is CCCCOc1ccc(S(=O)(=O)c2cnc3ccc(OC(F)(F)F)cc3c2N2CCC(N3CCCCC3)CC2)cc1. The largest absolute Gasteiger partial charge is 0.573 e.